The van der Waals surface area contributed by atoms with Crippen LogP contribution in [0.5, 0.6) is 0 Å². The van der Waals surface area contributed by atoms with Gasteiger partial charge in [0, 0.05) is 32.7 Å². The van der Waals surface area contributed by atoms with Crippen molar-refractivity contribution in [1.82, 2.24) is 15.1 Å². The van der Waals surface area contributed by atoms with Crippen LogP contribution in [0.15, 0.2) is 22.8 Å². The Labute approximate surface area is 154 Å². The molecule has 1 saturated heterocycles. The van der Waals surface area contributed by atoms with Crippen LogP contribution in [0, 0.1) is 5.92 Å². The Kier molecular flexibility index (Phi) is 6.55. The third-order valence-corrected chi connectivity index (χ3v) is 5.33. The minimum atomic E-state index is -0.120. The van der Waals surface area contributed by atoms with E-state index in [0.717, 1.165) is 6.42 Å². The van der Waals surface area contributed by atoms with Gasteiger partial charge in [-0.05, 0) is 30.9 Å². The molecule has 2 unspecified atom stereocenters. The van der Waals surface area contributed by atoms with Crippen LogP contribution < -0.4 is 5.32 Å². The van der Waals surface area contributed by atoms with Crippen molar-refractivity contribution in [2.24, 2.45) is 5.92 Å². The molecule has 2 heterocycles. The lowest BCUT2D eigenvalue weighted by molar-refractivity contribution is -0.00282. The van der Waals surface area contributed by atoms with E-state index in [-0.39, 0.29) is 11.9 Å². The van der Waals surface area contributed by atoms with Crippen LogP contribution in [0.3, 0.4) is 0 Å². The van der Waals surface area contributed by atoms with Gasteiger partial charge in [-0.2, -0.15) is 0 Å². The number of carbonyl (C=O) groups excluding carboxylic acids is 2. The molecule has 26 heavy (non-hydrogen) atoms. The Morgan fingerprint density at radius 3 is 2.62 bits per heavy atom. The molecule has 1 aromatic heterocycles. The second kappa shape index (κ2) is 9.07. The summed E-state index contributed by atoms with van der Waals surface area (Å²) in [7, 11) is 0. The predicted octanol–water partition coefficient (Wildman–Crippen LogP) is 2.34. The van der Waals surface area contributed by atoms with E-state index in [9.17, 15) is 9.59 Å². The maximum atomic E-state index is 12.3. The van der Waals surface area contributed by atoms with Crippen LogP contribution in [-0.4, -0.2) is 67.2 Å². The largest absolute Gasteiger partial charge is 0.459 e. The highest BCUT2D eigenvalue weighted by Gasteiger charge is 2.26. The van der Waals surface area contributed by atoms with Crippen molar-refractivity contribution in [3.63, 3.8) is 0 Å². The van der Waals surface area contributed by atoms with Crippen molar-refractivity contribution in [1.29, 1.82) is 0 Å². The molecule has 0 spiro atoms. The van der Waals surface area contributed by atoms with Crippen LogP contribution in [0.1, 0.15) is 43.2 Å². The van der Waals surface area contributed by atoms with E-state index in [1.165, 1.54) is 25.5 Å². The summed E-state index contributed by atoms with van der Waals surface area (Å²) in [5, 5.41) is 2.92. The van der Waals surface area contributed by atoms with Crippen molar-refractivity contribution in [2.45, 2.75) is 38.7 Å². The minimum Gasteiger partial charge on any atom is -0.459 e. The van der Waals surface area contributed by atoms with Gasteiger partial charge in [-0.3, -0.25) is 4.79 Å². The summed E-state index contributed by atoms with van der Waals surface area (Å²) in [6.07, 6.45) is 6.72. The summed E-state index contributed by atoms with van der Waals surface area (Å²) in [6.45, 7) is 5.40. The van der Waals surface area contributed by atoms with Gasteiger partial charge in [0.25, 0.3) is 5.91 Å². The van der Waals surface area contributed by atoms with Gasteiger partial charge in [0.2, 0.25) is 0 Å². The number of rotatable bonds is 5. The number of hydrogen-bond acceptors (Lipinski definition) is 4. The summed E-state index contributed by atoms with van der Waals surface area (Å²) in [5.41, 5.74) is 0. The Morgan fingerprint density at radius 2 is 1.92 bits per heavy atom. The van der Waals surface area contributed by atoms with Crippen molar-refractivity contribution in [2.75, 3.05) is 39.3 Å². The molecule has 1 aromatic rings. The van der Waals surface area contributed by atoms with E-state index in [1.807, 2.05) is 0 Å². The summed E-state index contributed by atoms with van der Waals surface area (Å²) in [4.78, 5) is 27.9. The zero-order valence-electron chi connectivity index (χ0n) is 15.5. The number of piperazine rings is 1. The zero-order chi connectivity index (χ0) is 18.4. The van der Waals surface area contributed by atoms with E-state index in [4.69, 9.17) is 9.15 Å². The van der Waals surface area contributed by atoms with E-state index < -0.39 is 0 Å². The molecule has 3 amide bonds. The maximum Gasteiger partial charge on any atom is 0.317 e. The lowest BCUT2D eigenvalue weighted by Gasteiger charge is -2.34. The van der Waals surface area contributed by atoms with Gasteiger partial charge in [0.15, 0.2) is 5.76 Å². The van der Waals surface area contributed by atoms with Crippen molar-refractivity contribution in [3.05, 3.63) is 24.2 Å². The molecule has 2 fully saturated rings. The molecular weight excluding hydrogens is 334 g/mol. The first-order chi connectivity index (χ1) is 12.6. The van der Waals surface area contributed by atoms with Gasteiger partial charge in [0.1, 0.15) is 0 Å². The van der Waals surface area contributed by atoms with E-state index in [1.54, 1.807) is 21.9 Å². The van der Waals surface area contributed by atoms with Crippen LogP contribution in [-0.2, 0) is 4.74 Å². The lowest BCUT2D eigenvalue weighted by atomic mass is 9.88. The molecule has 1 aliphatic carbocycles. The lowest BCUT2D eigenvalue weighted by Crippen LogP contribution is -2.53. The number of nitrogens with zero attached hydrogens (tertiary/aromatic N) is 2. The van der Waals surface area contributed by atoms with Crippen LogP contribution in [0.4, 0.5) is 4.79 Å². The molecule has 1 N–H and O–H groups in total. The topological polar surface area (TPSA) is 75.0 Å². The molecule has 1 aliphatic heterocycles. The molecule has 2 aliphatic rings. The Balaban J connectivity index is 1.33. The average molecular weight is 363 g/mol. The summed E-state index contributed by atoms with van der Waals surface area (Å²) >= 11 is 0. The number of carbonyl (C=O) groups is 2. The highest BCUT2D eigenvalue weighted by atomic mass is 16.5. The summed E-state index contributed by atoms with van der Waals surface area (Å²) in [6, 6.07) is 3.28. The van der Waals surface area contributed by atoms with E-state index in [2.05, 4.69) is 12.2 Å². The zero-order valence-corrected chi connectivity index (χ0v) is 15.5. The van der Waals surface area contributed by atoms with Gasteiger partial charge in [-0.25, -0.2) is 4.79 Å². The third kappa shape index (κ3) is 4.78. The first kappa shape index (κ1) is 18.8. The molecule has 0 aromatic carbocycles. The summed E-state index contributed by atoms with van der Waals surface area (Å²) in [5.74, 6) is 0.835. The smallest absolute Gasteiger partial charge is 0.317 e. The number of nitrogens with one attached hydrogen (secondary N) is 1. The van der Waals surface area contributed by atoms with E-state index in [0.29, 0.717) is 57.1 Å². The number of hydrogen-bond donors (Lipinski definition) is 1. The first-order valence-electron chi connectivity index (χ1n) is 9.62. The average Bonchev–Trinajstić information content (AvgIpc) is 3.20. The number of amides is 3. The second-order valence-electron chi connectivity index (χ2n) is 7.16. The monoisotopic (exact) mass is 363 g/mol. The highest BCUT2D eigenvalue weighted by Crippen LogP contribution is 2.25. The minimum absolute atomic E-state index is 0.0876. The van der Waals surface area contributed by atoms with Crippen LogP contribution in [0.25, 0.3) is 0 Å². The second-order valence-corrected chi connectivity index (χ2v) is 7.16. The maximum absolute atomic E-state index is 12.3. The van der Waals surface area contributed by atoms with Crippen molar-refractivity contribution in [3.8, 4) is 0 Å². The van der Waals surface area contributed by atoms with Gasteiger partial charge in [-0.1, -0.05) is 19.8 Å². The molecule has 7 nitrogen and oxygen atoms in total. The highest BCUT2D eigenvalue weighted by molar-refractivity contribution is 5.91. The molecule has 144 valence electrons. The van der Waals surface area contributed by atoms with Gasteiger partial charge >= 0.3 is 6.03 Å². The fourth-order valence-electron chi connectivity index (χ4n) is 3.68. The first-order valence-corrected chi connectivity index (χ1v) is 9.62. The SMILES string of the molecule is CC1CCCCC1OCCNC(=O)N1CCN(C(=O)c2ccco2)CC1. The Morgan fingerprint density at radius 1 is 1.19 bits per heavy atom. The fraction of sp³-hybridized carbons (Fsp3) is 0.684. The third-order valence-electron chi connectivity index (χ3n) is 5.33. The Bertz CT molecular complexity index is 582. The van der Waals surface area contributed by atoms with Crippen molar-refractivity contribution < 1.29 is 18.7 Å². The van der Waals surface area contributed by atoms with Crippen LogP contribution >= 0.6 is 0 Å². The molecular formula is C19H29N3O4. The number of furan rings is 1. The fourth-order valence-corrected chi connectivity index (χ4v) is 3.68. The molecule has 2 atom stereocenters. The predicted molar refractivity (Wildman–Crippen MR) is 97.0 cm³/mol. The Hall–Kier alpha value is -2.02. The van der Waals surface area contributed by atoms with Gasteiger partial charge < -0.3 is 24.3 Å². The standard InChI is InChI=1S/C19H29N3O4/c1-15-5-2-3-6-16(15)26-14-8-20-19(24)22-11-9-21(10-12-22)18(23)17-7-4-13-25-17/h4,7,13,15-16H,2-3,5-6,8-12,14H2,1H3,(H,20,24). The molecule has 0 radical (unpaired) electrons. The molecule has 1 saturated carbocycles. The van der Waals surface area contributed by atoms with Crippen molar-refractivity contribution >= 4 is 11.9 Å². The van der Waals surface area contributed by atoms with Crippen LogP contribution in [0.2, 0.25) is 0 Å². The van der Waals surface area contributed by atoms with Gasteiger partial charge in [0.05, 0.1) is 19.0 Å². The molecule has 7 heteroatoms. The quantitative estimate of drug-likeness (QED) is 0.815. The molecule has 3 rings (SSSR count). The normalized spacial score (nSPS) is 23.7. The van der Waals surface area contributed by atoms with E-state index >= 15 is 0 Å². The summed E-state index contributed by atoms with van der Waals surface area (Å²) < 4.78 is 11.1. The van der Waals surface area contributed by atoms with Gasteiger partial charge in [-0.15, -0.1) is 0 Å². The molecule has 0 bridgehead atoms. The number of urea groups is 1. The number of ether oxygens (including phenoxy) is 1.